The van der Waals surface area contributed by atoms with E-state index in [9.17, 15) is 9.59 Å². The van der Waals surface area contributed by atoms with Crippen LogP contribution in [0.1, 0.15) is 48.9 Å². The van der Waals surface area contributed by atoms with Crippen LogP contribution in [-0.4, -0.2) is 32.4 Å². The Labute approximate surface area is 134 Å². The van der Waals surface area contributed by atoms with Crippen LogP contribution in [0.15, 0.2) is 30.7 Å². The number of aromatic nitrogens is 2. The number of pyridine rings is 1. The maximum atomic E-state index is 12.6. The van der Waals surface area contributed by atoms with E-state index in [2.05, 4.69) is 10.3 Å². The van der Waals surface area contributed by atoms with Crippen LogP contribution in [0.5, 0.6) is 0 Å². The number of amides is 1. The average molecular weight is 315 g/mol. The standard InChI is InChI=1S/C17H21N3O3/c21-15(22)8-7-12-4-1-2-6-14(12)19-17(23)13-5-3-10-20-11-9-18-16(13)20/h3,5,9-12,14H,1-2,4,6-8H2,(H,19,23)(H,21,22). The lowest BCUT2D eigenvalue weighted by Crippen LogP contribution is -2.42. The predicted molar refractivity (Wildman–Crippen MR) is 85.3 cm³/mol. The third kappa shape index (κ3) is 3.52. The summed E-state index contributed by atoms with van der Waals surface area (Å²) < 4.78 is 1.82. The smallest absolute Gasteiger partial charge is 0.303 e. The van der Waals surface area contributed by atoms with Gasteiger partial charge in [-0.05, 0) is 37.3 Å². The number of carbonyl (C=O) groups excluding carboxylic acids is 1. The molecule has 0 saturated heterocycles. The number of fused-ring (bicyclic) bond motifs is 1. The normalized spacial score (nSPS) is 21.2. The molecule has 1 aliphatic rings. The van der Waals surface area contributed by atoms with Crippen molar-refractivity contribution in [2.45, 2.75) is 44.6 Å². The van der Waals surface area contributed by atoms with Crippen molar-refractivity contribution in [3.8, 4) is 0 Å². The molecule has 122 valence electrons. The predicted octanol–water partition coefficient (Wildman–Crippen LogP) is 2.49. The Hall–Kier alpha value is -2.37. The van der Waals surface area contributed by atoms with E-state index in [1.165, 1.54) is 0 Å². The zero-order chi connectivity index (χ0) is 16.2. The molecule has 2 N–H and O–H groups in total. The summed E-state index contributed by atoms with van der Waals surface area (Å²) in [6.07, 6.45) is 10.2. The molecular formula is C17H21N3O3. The molecule has 0 aromatic carbocycles. The van der Waals surface area contributed by atoms with Gasteiger partial charge in [0, 0.05) is 31.1 Å². The largest absolute Gasteiger partial charge is 0.481 e. The number of carboxylic acids is 1. The third-order valence-electron chi connectivity index (χ3n) is 4.62. The molecule has 0 radical (unpaired) electrons. The van der Waals surface area contributed by atoms with Crippen molar-refractivity contribution >= 4 is 17.5 Å². The number of nitrogens with one attached hydrogen (secondary N) is 1. The number of carbonyl (C=O) groups is 2. The zero-order valence-electron chi connectivity index (χ0n) is 12.9. The molecule has 6 heteroatoms. The van der Waals surface area contributed by atoms with E-state index >= 15 is 0 Å². The molecule has 3 rings (SSSR count). The van der Waals surface area contributed by atoms with Crippen LogP contribution < -0.4 is 5.32 Å². The maximum Gasteiger partial charge on any atom is 0.303 e. The van der Waals surface area contributed by atoms with Crippen LogP contribution in [0, 0.1) is 5.92 Å². The van der Waals surface area contributed by atoms with Crippen LogP contribution in [-0.2, 0) is 4.79 Å². The third-order valence-corrected chi connectivity index (χ3v) is 4.62. The second kappa shape index (κ2) is 6.81. The first-order chi connectivity index (χ1) is 11.1. The van der Waals surface area contributed by atoms with E-state index < -0.39 is 5.97 Å². The van der Waals surface area contributed by atoms with Gasteiger partial charge in [-0.25, -0.2) is 4.98 Å². The molecule has 1 amide bonds. The fourth-order valence-electron chi connectivity index (χ4n) is 3.42. The molecule has 2 aromatic rings. The van der Waals surface area contributed by atoms with Crippen molar-refractivity contribution in [1.29, 1.82) is 0 Å². The second-order valence-electron chi connectivity index (χ2n) is 6.14. The van der Waals surface area contributed by atoms with Gasteiger partial charge in [-0.1, -0.05) is 12.8 Å². The Morgan fingerprint density at radius 2 is 2.13 bits per heavy atom. The van der Waals surface area contributed by atoms with Crippen molar-refractivity contribution in [2.24, 2.45) is 5.92 Å². The fourth-order valence-corrected chi connectivity index (χ4v) is 3.42. The first kappa shape index (κ1) is 15.5. The summed E-state index contributed by atoms with van der Waals surface area (Å²) >= 11 is 0. The molecule has 2 atom stereocenters. The molecule has 1 fully saturated rings. The summed E-state index contributed by atoms with van der Waals surface area (Å²) in [5.74, 6) is -0.667. The van der Waals surface area contributed by atoms with Crippen LogP contribution in [0.25, 0.3) is 5.65 Å². The van der Waals surface area contributed by atoms with E-state index in [1.807, 2.05) is 22.9 Å². The summed E-state index contributed by atoms with van der Waals surface area (Å²) in [4.78, 5) is 27.7. The fraction of sp³-hybridized carbons (Fsp3) is 0.471. The number of nitrogens with zero attached hydrogens (tertiary/aromatic N) is 2. The van der Waals surface area contributed by atoms with Crippen LogP contribution in [0.4, 0.5) is 0 Å². The summed E-state index contributed by atoms with van der Waals surface area (Å²) in [6.45, 7) is 0. The van der Waals surface area contributed by atoms with Gasteiger partial charge in [0.15, 0.2) is 0 Å². The number of hydrogen-bond donors (Lipinski definition) is 2. The Morgan fingerprint density at radius 3 is 2.96 bits per heavy atom. The van der Waals surface area contributed by atoms with Gasteiger partial charge < -0.3 is 14.8 Å². The lowest BCUT2D eigenvalue weighted by atomic mass is 9.81. The highest BCUT2D eigenvalue weighted by atomic mass is 16.4. The minimum Gasteiger partial charge on any atom is -0.481 e. The Kier molecular flexibility index (Phi) is 4.60. The van der Waals surface area contributed by atoms with Gasteiger partial charge in [0.2, 0.25) is 0 Å². The molecular weight excluding hydrogens is 294 g/mol. The van der Waals surface area contributed by atoms with Crippen molar-refractivity contribution < 1.29 is 14.7 Å². The summed E-state index contributed by atoms with van der Waals surface area (Å²) in [5, 5.41) is 12.0. The van der Waals surface area contributed by atoms with Crippen molar-refractivity contribution in [3.05, 3.63) is 36.3 Å². The monoisotopic (exact) mass is 315 g/mol. The van der Waals surface area contributed by atoms with E-state index in [0.29, 0.717) is 17.6 Å². The van der Waals surface area contributed by atoms with Crippen molar-refractivity contribution in [3.63, 3.8) is 0 Å². The molecule has 0 spiro atoms. The van der Waals surface area contributed by atoms with Gasteiger partial charge in [-0.15, -0.1) is 0 Å². The van der Waals surface area contributed by atoms with E-state index in [0.717, 1.165) is 25.7 Å². The molecule has 2 heterocycles. The molecule has 0 bridgehead atoms. The van der Waals surface area contributed by atoms with Gasteiger partial charge in [0.1, 0.15) is 5.65 Å². The minimum atomic E-state index is -0.775. The number of carboxylic acid groups (broad SMARTS) is 1. The van der Waals surface area contributed by atoms with Gasteiger partial charge in [0.25, 0.3) is 5.91 Å². The number of imidazole rings is 1. The first-order valence-corrected chi connectivity index (χ1v) is 8.09. The molecule has 1 aliphatic carbocycles. The SMILES string of the molecule is O=C(O)CCC1CCCCC1NC(=O)c1cccn2ccnc12. The van der Waals surface area contributed by atoms with Crippen LogP contribution >= 0.6 is 0 Å². The Morgan fingerprint density at radius 1 is 1.30 bits per heavy atom. The van der Waals surface area contributed by atoms with Crippen LogP contribution in [0.2, 0.25) is 0 Å². The molecule has 2 aromatic heterocycles. The van der Waals surface area contributed by atoms with Gasteiger partial charge in [-0.2, -0.15) is 0 Å². The highest BCUT2D eigenvalue weighted by molar-refractivity contribution is 5.99. The minimum absolute atomic E-state index is 0.0471. The number of rotatable bonds is 5. The highest BCUT2D eigenvalue weighted by Gasteiger charge is 2.27. The quantitative estimate of drug-likeness (QED) is 0.888. The lowest BCUT2D eigenvalue weighted by Gasteiger charge is -2.32. The number of aliphatic carboxylic acids is 1. The zero-order valence-corrected chi connectivity index (χ0v) is 12.9. The van der Waals surface area contributed by atoms with E-state index in [1.54, 1.807) is 12.3 Å². The summed E-state index contributed by atoms with van der Waals surface area (Å²) in [5.41, 5.74) is 1.20. The molecule has 1 saturated carbocycles. The van der Waals surface area contributed by atoms with Crippen LogP contribution in [0.3, 0.4) is 0 Å². The molecule has 23 heavy (non-hydrogen) atoms. The lowest BCUT2D eigenvalue weighted by molar-refractivity contribution is -0.137. The molecule has 2 unspecified atom stereocenters. The average Bonchev–Trinajstić information content (AvgIpc) is 3.02. The number of hydrogen-bond acceptors (Lipinski definition) is 3. The van der Waals surface area contributed by atoms with Gasteiger partial charge in [0.05, 0.1) is 5.56 Å². The second-order valence-corrected chi connectivity index (χ2v) is 6.14. The highest BCUT2D eigenvalue weighted by Crippen LogP contribution is 2.28. The topological polar surface area (TPSA) is 83.7 Å². The first-order valence-electron chi connectivity index (χ1n) is 8.09. The summed E-state index contributed by atoms with van der Waals surface area (Å²) in [6, 6.07) is 3.64. The molecule has 6 nitrogen and oxygen atoms in total. The summed E-state index contributed by atoms with van der Waals surface area (Å²) in [7, 11) is 0. The van der Waals surface area contributed by atoms with E-state index in [-0.39, 0.29) is 24.3 Å². The van der Waals surface area contributed by atoms with Crippen molar-refractivity contribution in [1.82, 2.24) is 14.7 Å². The molecule has 0 aliphatic heterocycles. The maximum absolute atomic E-state index is 12.6. The van der Waals surface area contributed by atoms with E-state index in [4.69, 9.17) is 5.11 Å². The van der Waals surface area contributed by atoms with Crippen molar-refractivity contribution in [2.75, 3.05) is 0 Å². The Balaban J connectivity index is 1.72. The Bertz CT molecular complexity index is 710. The van der Waals surface area contributed by atoms with Gasteiger partial charge >= 0.3 is 5.97 Å². The van der Waals surface area contributed by atoms with Gasteiger partial charge in [-0.3, -0.25) is 9.59 Å².